The Labute approximate surface area is 97.8 Å². The third kappa shape index (κ3) is 4.49. The van der Waals surface area contributed by atoms with E-state index in [0.29, 0.717) is 30.4 Å². The van der Waals surface area contributed by atoms with E-state index in [9.17, 15) is 8.42 Å². The smallest absolute Gasteiger partial charge is 0.152 e. The van der Waals surface area contributed by atoms with E-state index in [1.54, 1.807) is 6.92 Å². The van der Waals surface area contributed by atoms with Crippen molar-refractivity contribution in [3.8, 4) is 0 Å². The molecule has 0 aromatic heterocycles. The Bertz CT molecular complexity index is 326. The molecule has 0 spiro atoms. The van der Waals surface area contributed by atoms with Crippen LogP contribution < -0.4 is 0 Å². The lowest BCUT2D eigenvalue weighted by Crippen LogP contribution is -2.41. The van der Waals surface area contributed by atoms with Gasteiger partial charge in [0, 0.05) is 26.7 Å². The van der Waals surface area contributed by atoms with Gasteiger partial charge in [0.25, 0.3) is 0 Å². The first kappa shape index (κ1) is 13.4. The van der Waals surface area contributed by atoms with Gasteiger partial charge in [0.2, 0.25) is 0 Å². The Kier molecular flexibility index (Phi) is 4.73. The van der Waals surface area contributed by atoms with Gasteiger partial charge in [-0.05, 0) is 19.9 Å². The molecule has 0 amide bonds. The van der Waals surface area contributed by atoms with E-state index in [1.165, 1.54) is 0 Å². The zero-order chi connectivity index (χ0) is 12.2. The van der Waals surface area contributed by atoms with Gasteiger partial charge < -0.3 is 9.80 Å². The van der Waals surface area contributed by atoms with Crippen LogP contribution in [-0.2, 0) is 9.84 Å². The highest BCUT2D eigenvalue weighted by Crippen LogP contribution is 2.04. The highest BCUT2D eigenvalue weighted by Gasteiger charge is 2.20. The maximum atomic E-state index is 11.2. The summed E-state index contributed by atoms with van der Waals surface area (Å²) in [7, 11) is -0.851. The molecule has 1 aliphatic heterocycles. The Balaban J connectivity index is 2.18. The molecule has 0 saturated carbocycles. The fourth-order valence-electron chi connectivity index (χ4n) is 1.67. The van der Waals surface area contributed by atoms with Crippen molar-refractivity contribution in [3.05, 3.63) is 0 Å². The predicted molar refractivity (Wildman–Crippen MR) is 65.7 cm³/mol. The highest BCUT2D eigenvalue weighted by atomic mass is 32.2. The van der Waals surface area contributed by atoms with Crippen molar-refractivity contribution < 1.29 is 8.42 Å². The Morgan fingerprint density at radius 1 is 1.38 bits per heavy atom. The normalized spacial score (nSPS) is 20.6. The van der Waals surface area contributed by atoms with Gasteiger partial charge in [-0.3, -0.25) is 5.41 Å². The summed E-state index contributed by atoms with van der Waals surface area (Å²) < 4.78 is 22.4. The van der Waals surface area contributed by atoms with Crippen molar-refractivity contribution >= 4 is 15.7 Å². The molecular formula is C10H21N3O2S. The summed E-state index contributed by atoms with van der Waals surface area (Å²) in [5.41, 5.74) is 0. The van der Waals surface area contributed by atoms with Crippen LogP contribution in [0, 0.1) is 5.41 Å². The van der Waals surface area contributed by atoms with E-state index in [4.69, 9.17) is 5.41 Å². The summed E-state index contributed by atoms with van der Waals surface area (Å²) in [4.78, 5) is 4.09. The average molecular weight is 247 g/mol. The molecule has 1 heterocycles. The molecule has 0 aliphatic carbocycles. The second-order valence-corrected chi connectivity index (χ2v) is 6.66. The quantitative estimate of drug-likeness (QED) is 0.562. The first-order chi connectivity index (χ1) is 7.41. The number of hydrogen-bond acceptors (Lipinski definition) is 4. The molecule has 0 atom stereocenters. The first-order valence-corrected chi connectivity index (χ1v) is 7.42. The lowest BCUT2D eigenvalue weighted by Gasteiger charge is -2.27. The van der Waals surface area contributed by atoms with Crippen molar-refractivity contribution in [1.29, 1.82) is 5.41 Å². The second-order valence-electron chi connectivity index (χ2n) is 4.35. The van der Waals surface area contributed by atoms with E-state index >= 15 is 0 Å². The van der Waals surface area contributed by atoms with E-state index in [-0.39, 0.29) is 0 Å². The maximum absolute atomic E-state index is 11.2. The standard InChI is InChI=1S/C10H21N3O2S/c1-10(11)12(2)4-3-5-13-6-8-16(14,15)9-7-13/h11H,3-9H2,1-2H3. The van der Waals surface area contributed by atoms with Crippen molar-refractivity contribution in [2.24, 2.45) is 0 Å². The van der Waals surface area contributed by atoms with Crippen molar-refractivity contribution in [3.63, 3.8) is 0 Å². The van der Waals surface area contributed by atoms with Crippen LogP contribution in [0.15, 0.2) is 0 Å². The van der Waals surface area contributed by atoms with Crippen molar-refractivity contribution in [2.45, 2.75) is 13.3 Å². The Hall–Kier alpha value is -0.620. The maximum Gasteiger partial charge on any atom is 0.152 e. The van der Waals surface area contributed by atoms with Crippen LogP contribution in [0.4, 0.5) is 0 Å². The largest absolute Gasteiger partial charge is 0.364 e. The minimum Gasteiger partial charge on any atom is -0.364 e. The number of rotatable bonds is 4. The molecule has 1 aliphatic rings. The molecule has 0 aromatic rings. The van der Waals surface area contributed by atoms with E-state index in [2.05, 4.69) is 4.90 Å². The van der Waals surface area contributed by atoms with Gasteiger partial charge in [-0.15, -0.1) is 0 Å². The van der Waals surface area contributed by atoms with Crippen LogP contribution in [0.5, 0.6) is 0 Å². The number of hydrogen-bond donors (Lipinski definition) is 1. The summed E-state index contributed by atoms with van der Waals surface area (Å²) in [5, 5.41) is 7.41. The zero-order valence-corrected chi connectivity index (χ0v) is 10.9. The molecule has 5 nitrogen and oxygen atoms in total. The van der Waals surface area contributed by atoms with E-state index < -0.39 is 9.84 Å². The van der Waals surface area contributed by atoms with E-state index in [1.807, 2.05) is 11.9 Å². The summed E-state index contributed by atoms with van der Waals surface area (Å²) >= 11 is 0. The summed E-state index contributed by atoms with van der Waals surface area (Å²) in [6, 6.07) is 0. The molecule has 1 saturated heterocycles. The molecule has 6 heteroatoms. The molecule has 0 bridgehead atoms. The number of nitrogens with one attached hydrogen (secondary N) is 1. The Morgan fingerprint density at radius 3 is 2.44 bits per heavy atom. The number of amidine groups is 1. The van der Waals surface area contributed by atoms with Gasteiger partial charge in [-0.1, -0.05) is 0 Å². The lowest BCUT2D eigenvalue weighted by atomic mass is 10.3. The van der Waals surface area contributed by atoms with Crippen LogP contribution >= 0.6 is 0 Å². The molecule has 1 fully saturated rings. The second kappa shape index (κ2) is 5.63. The molecule has 1 N–H and O–H groups in total. The molecule has 1 rings (SSSR count). The van der Waals surface area contributed by atoms with Crippen LogP contribution in [-0.4, -0.2) is 68.8 Å². The van der Waals surface area contributed by atoms with Crippen molar-refractivity contribution in [1.82, 2.24) is 9.80 Å². The molecule has 0 radical (unpaired) electrons. The minimum absolute atomic E-state index is 0.298. The van der Waals surface area contributed by atoms with Gasteiger partial charge in [0.05, 0.1) is 17.3 Å². The summed E-state index contributed by atoms with van der Waals surface area (Å²) in [6.45, 7) is 4.88. The van der Waals surface area contributed by atoms with Gasteiger partial charge in [0.1, 0.15) is 0 Å². The van der Waals surface area contributed by atoms with Crippen LogP contribution in [0.1, 0.15) is 13.3 Å². The highest BCUT2D eigenvalue weighted by molar-refractivity contribution is 7.91. The van der Waals surface area contributed by atoms with Crippen LogP contribution in [0.3, 0.4) is 0 Å². The van der Waals surface area contributed by atoms with Gasteiger partial charge in [-0.25, -0.2) is 8.42 Å². The topological polar surface area (TPSA) is 64.5 Å². The van der Waals surface area contributed by atoms with E-state index in [0.717, 1.165) is 19.5 Å². The molecule has 0 unspecified atom stereocenters. The third-order valence-corrected chi connectivity index (χ3v) is 4.59. The average Bonchev–Trinajstić information content (AvgIpc) is 2.20. The SMILES string of the molecule is CC(=N)N(C)CCCN1CCS(=O)(=O)CC1. The van der Waals surface area contributed by atoms with Gasteiger partial charge >= 0.3 is 0 Å². The van der Waals surface area contributed by atoms with Gasteiger partial charge in [0.15, 0.2) is 9.84 Å². The minimum atomic E-state index is -2.76. The molecule has 16 heavy (non-hydrogen) atoms. The Morgan fingerprint density at radius 2 is 1.94 bits per heavy atom. The van der Waals surface area contributed by atoms with Crippen molar-refractivity contribution in [2.75, 3.05) is 44.7 Å². The third-order valence-electron chi connectivity index (χ3n) is 2.98. The molecule has 94 valence electrons. The summed E-state index contributed by atoms with van der Waals surface area (Å²) in [6.07, 6.45) is 0.979. The van der Waals surface area contributed by atoms with Crippen LogP contribution in [0.25, 0.3) is 0 Å². The zero-order valence-electron chi connectivity index (χ0n) is 10.1. The van der Waals surface area contributed by atoms with Crippen LogP contribution in [0.2, 0.25) is 0 Å². The van der Waals surface area contributed by atoms with Gasteiger partial charge in [-0.2, -0.15) is 0 Å². The predicted octanol–water partition coefficient (Wildman–Crippen LogP) is 0.0359. The summed E-state index contributed by atoms with van der Waals surface area (Å²) in [5.74, 6) is 1.17. The fraction of sp³-hybridized carbons (Fsp3) is 0.900. The number of nitrogens with zero attached hydrogens (tertiary/aromatic N) is 2. The first-order valence-electron chi connectivity index (χ1n) is 5.60. The monoisotopic (exact) mass is 247 g/mol. The molecule has 0 aromatic carbocycles. The fourth-order valence-corrected chi connectivity index (χ4v) is 2.95. The molecular weight excluding hydrogens is 226 g/mol. The number of sulfone groups is 1. The lowest BCUT2D eigenvalue weighted by molar-refractivity contribution is 0.281.